The van der Waals surface area contributed by atoms with Crippen LogP contribution in [-0.2, 0) is 18.4 Å². The Bertz CT molecular complexity index is 1080. The van der Waals surface area contributed by atoms with E-state index in [0.717, 1.165) is 23.0 Å². The van der Waals surface area contributed by atoms with Crippen molar-refractivity contribution in [2.75, 3.05) is 20.1 Å². The number of carbonyl (C=O) groups excluding carboxylic acids is 1. The second-order valence-electron chi connectivity index (χ2n) is 8.07. The number of fused-ring (bicyclic) bond motifs is 3. The van der Waals surface area contributed by atoms with E-state index in [9.17, 15) is 9.59 Å². The molecule has 0 saturated heterocycles. The first-order valence-corrected chi connectivity index (χ1v) is 10.5. The van der Waals surface area contributed by atoms with Gasteiger partial charge >= 0.3 is 0 Å². The summed E-state index contributed by atoms with van der Waals surface area (Å²) in [6.07, 6.45) is 8.14. The molecule has 0 unspecified atom stereocenters. The minimum Gasteiger partial charge on any atom is -0.353 e. The van der Waals surface area contributed by atoms with Gasteiger partial charge < -0.3 is 14.8 Å². The zero-order valence-corrected chi connectivity index (χ0v) is 17.2. The van der Waals surface area contributed by atoms with Gasteiger partial charge in [-0.15, -0.1) is 0 Å². The average molecular weight is 396 g/mol. The normalized spacial score (nSPS) is 15.4. The summed E-state index contributed by atoms with van der Waals surface area (Å²) in [6.45, 7) is 1.62. The van der Waals surface area contributed by atoms with Crippen molar-refractivity contribution in [1.29, 1.82) is 0 Å². The Morgan fingerprint density at radius 2 is 1.93 bits per heavy atom. The standard InChI is InChI=1S/C22H29N5O2/c1-25(16-8-4-3-5-9-16)13-12-23-20(28)15-27-21-17-10-6-7-11-18(17)22(29)26(2)19(21)14-24-27/h6-7,10-11,14,16H,3-5,8-9,12-13,15H2,1-2H3,(H,23,28). The smallest absolute Gasteiger partial charge is 0.258 e. The van der Waals surface area contributed by atoms with Crippen LogP contribution in [0, 0.1) is 0 Å². The molecule has 1 saturated carbocycles. The lowest BCUT2D eigenvalue weighted by Gasteiger charge is -2.31. The molecule has 0 bridgehead atoms. The number of amides is 1. The van der Waals surface area contributed by atoms with Crippen molar-refractivity contribution in [2.24, 2.45) is 7.05 Å². The van der Waals surface area contributed by atoms with Crippen LogP contribution in [0.3, 0.4) is 0 Å². The number of nitrogens with one attached hydrogen (secondary N) is 1. The summed E-state index contributed by atoms with van der Waals surface area (Å²) in [6, 6.07) is 8.12. The van der Waals surface area contributed by atoms with Crippen molar-refractivity contribution in [3.8, 4) is 0 Å². The molecular formula is C22H29N5O2. The Balaban J connectivity index is 1.45. The Hall–Kier alpha value is -2.67. The van der Waals surface area contributed by atoms with Gasteiger partial charge in [-0.25, -0.2) is 0 Å². The van der Waals surface area contributed by atoms with Crippen LogP contribution >= 0.6 is 0 Å². The van der Waals surface area contributed by atoms with Gasteiger partial charge in [-0.1, -0.05) is 37.5 Å². The third-order valence-corrected chi connectivity index (χ3v) is 6.18. The number of rotatable bonds is 6. The molecule has 3 aromatic rings. The lowest BCUT2D eigenvalue weighted by atomic mass is 9.94. The van der Waals surface area contributed by atoms with Crippen molar-refractivity contribution in [1.82, 2.24) is 24.6 Å². The topological polar surface area (TPSA) is 72.2 Å². The lowest BCUT2D eigenvalue weighted by Crippen LogP contribution is -2.40. The first kappa shape index (κ1) is 19.6. The van der Waals surface area contributed by atoms with E-state index in [4.69, 9.17) is 0 Å². The maximum absolute atomic E-state index is 12.6. The van der Waals surface area contributed by atoms with E-state index in [1.165, 1.54) is 32.1 Å². The number of hydrogen-bond donors (Lipinski definition) is 1. The summed E-state index contributed by atoms with van der Waals surface area (Å²) < 4.78 is 3.29. The molecule has 1 fully saturated rings. The number of likely N-dealkylation sites (N-methyl/N-ethyl adjacent to an activating group) is 1. The third kappa shape index (κ3) is 3.92. The highest BCUT2D eigenvalue weighted by molar-refractivity contribution is 6.03. The minimum absolute atomic E-state index is 0.0529. The molecule has 1 amide bonds. The van der Waals surface area contributed by atoms with E-state index in [1.807, 2.05) is 24.3 Å². The van der Waals surface area contributed by atoms with Crippen LogP contribution in [0.2, 0.25) is 0 Å². The Labute approximate surface area is 170 Å². The van der Waals surface area contributed by atoms with Crippen molar-refractivity contribution < 1.29 is 4.79 Å². The number of nitrogens with zero attached hydrogens (tertiary/aromatic N) is 4. The molecule has 4 rings (SSSR count). The van der Waals surface area contributed by atoms with Crippen LogP contribution in [-0.4, -0.2) is 51.3 Å². The van der Waals surface area contributed by atoms with Gasteiger partial charge in [0, 0.05) is 37.0 Å². The number of carbonyl (C=O) groups is 1. The molecule has 7 heteroatoms. The third-order valence-electron chi connectivity index (χ3n) is 6.18. The van der Waals surface area contributed by atoms with Crippen molar-refractivity contribution in [3.05, 3.63) is 40.8 Å². The Morgan fingerprint density at radius 1 is 1.21 bits per heavy atom. The van der Waals surface area contributed by atoms with Crippen LogP contribution in [0.25, 0.3) is 21.8 Å². The van der Waals surface area contributed by atoms with Gasteiger partial charge in [0.15, 0.2) is 0 Å². The molecule has 2 heterocycles. The highest BCUT2D eigenvalue weighted by Gasteiger charge is 2.18. The fourth-order valence-corrected chi connectivity index (χ4v) is 4.45. The predicted octanol–water partition coefficient (Wildman–Crippen LogP) is 2.27. The van der Waals surface area contributed by atoms with Crippen LogP contribution in [0.4, 0.5) is 0 Å². The molecule has 1 aromatic carbocycles. The van der Waals surface area contributed by atoms with Gasteiger partial charge in [-0.2, -0.15) is 5.10 Å². The largest absolute Gasteiger partial charge is 0.353 e. The zero-order chi connectivity index (χ0) is 20.4. The number of pyridine rings is 1. The van der Waals surface area contributed by atoms with Crippen LogP contribution in [0.1, 0.15) is 32.1 Å². The number of hydrogen-bond acceptors (Lipinski definition) is 4. The zero-order valence-electron chi connectivity index (χ0n) is 17.2. The van der Waals surface area contributed by atoms with E-state index < -0.39 is 0 Å². The van der Waals surface area contributed by atoms with Gasteiger partial charge in [-0.05, 0) is 26.0 Å². The molecule has 0 spiro atoms. The van der Waals surface area contributed by atoms with E-state index >= 15 is 0 Å². The number of benzene rings is 1. The average Bonchev–Trinajstić information content (AvgIpc) is 3.16. The van der Waals surface area contributed by atoms with Crippen LogP contribution < -0.4 is 10.9 Å². The van der Waals surface area contributed by atoms with E-state index in [0.29, 0.717) is 18.0 Å². The quantitative estimate of drug-likeness (QED) is 0.695. The summed E-state index contributed by atoms with van der Waals surface area (Å²) in [5, 5.41) is 8.87. The molecular weight excluding hydrogens is 366 g/mol. The molecule has 1 aliphatic carbocycles. The first-order valence-electron chi connectivity index (χ1n) is 10.5. The summed E-state index contributed by atoms with van der Waals surface area (Å²) in [4.78, 5) is 27.5. The molecule has 29 heavy (non-hydrogen) atoms. The maximum atomic E-state index is 12.6. The van der Waals surface area contributed by atoms with Crippen molar-refractivity contribution in [2.45, 2.75) is 44.7 Å². The second kappa shape index (κ2) is 8.37. The summed E-state index contributed by atoms with van der Waals surface area (Å²) >= 11 is 0. The summed E-state index contributed by atoms with van der Waals surface area (Å²) in [7, 11) is 3.89. The first-order chi connectivity index (χ1) is 14.1. The highest BCUT2D eigenvalue weighted by Crippen LogP contribution is 2.22. The molecule has 0 atom stereocenters. The fraction of sp³-hybridized carbons (Fsp3) is 0.500. The SMILES string of the molecule is CN(CCNC(=O)Cn1ncc2c1c1ccccc1c(=O)n2C)C1CCCCC1. The Morgan fingerprint density at radius 3 is 2.69 bits per heavy atom. The van der Waals surface area contributed by atoms with Gasteiger partial charge in [0.25, 0.3) is 5.56 Å². The summed E-state index contributed by atoms with van der Waals surface area (Å²) in [5.41, 5.74) is 1.50. The molecule has 0 aliphatic heterocycles. The monoisotopic (exact) mass is 395 g/mol. The van der Waals surface area contributed by atoms with Crippen LogP contribution in [0.5, 0.6) is 0 Å². The summed E-state index contributed by atoms with van der Waals surface area (Å²) in [5.74, 6) is -0.0648. The van der Waals surface area contributed by atoms with Gasteiger partial charge in [0.1, 0.15) is 6.54 Å². The maximum Gasteiger partial charge on any atom is 0.258 e. The second-order valence-corrected chi connectivity index (χ2v) is 8.07. The predicted molar refractivity (Wildman–Crippen MR) is 115 cm³/mol. The molecule has 0 radical (unpaired) electrons. The molecule has 154 valence electrons. The molecule has 1 N–H and O–H groups in total. The van der Waals surface area contributed by atoms with Crippen LogP contribution in [0.15, 0.2) is 35.3 Å². The molecule has 2 aromatic heterocycles. The van der Waals surface area contributed by atoms with Crippen molar-refractivity contribution in [3.63, 3.8) is 0 Å². The fourth-order valence-electron chi connectivity index (χ4n) is 4.45. The minimum atomic E-state index is -0.0648. The Kier molecular flexibility index (Phi) is 5.67. The van der Waals surface area contributed by atoms with E-state index in [-0.39, 0.29) is 18.0 Å². The number of aryl methyl sites for hydroxylation is 1. The highest BCUT2D eigenvalue weighted by atomic mass is 16.2. The lowest BCUT2D eigenvalue weighted by molar-refractivity contribution is -0.121. The van der Waals surface area contributed by atoms with E-state index in [1.54, 1.807) is 22.5 Å². The van der Waals surface area contributed by atoms with Crippen molar-refractivity contribution >= 4 is 27.7 Å². The van der Waals surface area contributed by atoms with Gasteiger partial charge in [0.05, 0.1) is 17.2 Å². The molecule has 1 aliphatic rings. The molecule has 7 nitrogen and oxygen atoms in total. The van der Waals surface area contributed by atoms with Gasteiger partial charge in [-0.3, -0.25) is 14.3 Å². The van der Waals surface area contributed by atoms with Gasteiger partial charge in [0.2, 0.25) is 5.91 Å². The van der Waals surface area contributed by atoms with E-state index in [2.05, 4.69) is 22.4 Å². The number of aromatic nitrogens is 3.